The molecule has 0 radical (unpaired) electrons. The van der Waals surface area contributed by atoms with Crippen molar-refractivity contribution in [3.8, 4) is 0 Å². The minimum absolute atomic E-state index is 0.0396. The molecule has 0 aromatic heterocycles. The second kappa shape index (κ2) is 6.36. The maximum atomic E-state index is 12.5. The van der Waals surface area contributed by atoms with Crippen molar-refractivity contribution in [2.45, 2.75) is 33.3 Å². The van der Waals surface area contributed by atoms with Gasteiger partial charge in [-0.1, -0.05) is 30.3 Å². The summed E-state index contributed by atoms with van der Waals surface area (Å²) >= 11 is 0. The van der Waals surface area contributed by atoms with Crippen LogP contribution in [0.2, 0.25) is 0 Å². The van der Waals surface area contributed by atoms with Crippen molar-refractivity contribution in [2.24, 2.45) is 5.41 Å². The molecule has 122 valence electrons. The van der Waals surface area contributed by atoms with E-state index in [1.54, 1.807) is 32.9 Å². The van der Waals surface area contributed by atoms with Crippen LogP contribution in [0.1, 0.15) is 38.9 Å². The zero-order valence-electron chi connectivity index (χ0n) is 13.7. The van der Waals surface area contributed by atoms with Crippen molar-refractivity contribution in [3.63, 3.8) is 0 Å². The second-order valence-electron chi connectivity index (χ2n) is 6.03. The van der Waals surface area contributed by atoms with E-state index in [4.69, 9.17) is 9.47 Å². The molecular weight excluding hydrogens is 296 g/mol. The Morgan fingerprint density at radius 3 is 2.22 bits per heavy atom. The lowest BCUT2D eigenvalue weighted by molar-refractivity contribution is -0.144. The van der Waals surface area contributed by atoms with Crippen LogP contribution in [0.4, 0.5) is 0 Å². The highest BCUT2D eigenvalue weighted by Crippen LogP contribution is 2.38. The third-order valence-electron chi connectivity index (χ3n) is 4.03. The Bertz CT molecular complexity index is 670. The van der Waals surface area contributed by atoms with E-state index in [1.165, 1.54) is 7.11 Å². The van der Waals surface area contributed by atoms with Crippen LogP contribution in [0, 0.1) is 5.41 Å². The van der Waals surface area contributed by atoms with Crippen molar-refractivity contribution < 1.29 is 23.9 Å². The molecular formula is C18H20O5. The first kappa shape index (κ1) is 16.9. The van der Waals surface area contributed by atoms with E-state index in [0.29, 0.717) is 5.57 Å². The van der Waals surface area contributed by atoms with Gasteiger partial charge in [-0.3, -0.25) is 14.4 Å². The molecule has 2 rings (SSSR count). The fourth-order valence-electron chi connectivity index (χ4n) is 2.54. The predicted octanol–water partition coefficient (Wildman–Crippen LogP) is 2.76. The van der Waals surface area contributed by atoms with Gasteiger partial charge in [0.05, 0.1) is 18.9 Å². The molecule has 1 aliphatic carbocycles. The number of Topliss-reactive ketones (excluding diaryl/α,β-unsaturated/α-hetero) is 2. The molecule has 0 bridgehead atoms. The van der Waals surface area contributed by atoms with Gasteiger partial charge in [0.25, 0.3) is 0 Å². The number of rotatable bonds is 5. The fraction of sp³-hybridized carbons (Fsp3) is 0.389. The highest BCUT2D eigenvalue weighted by Gasteiger charge is 2.47. The molecule has 0 heterocycles. The van der Waals surface area contributed by atoms with E-state index in [0.717, 1.165) is 5.56 Å². The molecule has 1 aliphatic rings. The first-order valence-corrected chi connectivity index (χ1v) is 7.38. The van der Waals surface area contributed by atoms with Crippen LogP contribution in [-0.2, 0) is 23.9 Å². The van der Waals surface area contributed by atoms with E-state index in [9.17, 15) is 14.4 Å². The molecule has 0 N–H and O–H groups in total. The average Bonchev–Trinajstić information content (AvgIpc) is 2.69. The molecule has 1 aromatic carbocycles. The Morgan fingerprint density at radius 2 is 1.74 bits per heavy atom. The molecule has 5 nitrogen and oxygen atoms in total. The first-order chi connectivity index (χ1) is 10.8. The minimum atomic E-state index is -1.12. The van der Waals surface area contributed by atoms with Gasteiger partial charge in [-0.25, -0.2) is 0 Å². The number of ether oxygens (including phenoxy) is 2. The number of carbonyl (C=O) groups is 3. The summed E-state index contributed by atoms with van der Waals surface area (Å²) in [7, 11) is 1.29. The van der Waals surface area contributed by atoms with Crippen LogP contribution in [-0.4, -0.2) is 24.6 Å². The number of allylic oxidation sites excluding steroid dienone is 2. The van der Waals surface area contributed by atoms with Gasteiger partial charge in [0.15, 0.2) is 11.5 Å². The lowest BCUT2D eigenvalue weighted by Gasteiger charge is -2.20. The van der Waals surface area contributed by atoms with Crippen molar-refractivity contribution in [2.75, 3.05) is 7.11 Å². The molecule has 0 amide bonds. The van der Waals surface area contributed by atoms with Crippen LogP contribution >= 0.6 is 0 Å². The van der Waals surface area contributed by atoms with Gasteiger partial charge in [0, 0.05) is 5.57 Å². The zero-order valence-corrected chi connectivity index (χ0v) is 13.7. The quantitative estimate of drug-likeness (QED) is 0.617. The Hall–Kier alpha value is -2.43. The summed E-state index contributed by atoms with van der Waals surface area (Å²) in [6.07, 6.45) is -0.724. The summed E-state index contributed by atoms with van der Waals surface area (Å²) in [5.41, 5.74) is -0.0831. The van der Waals surface area contributed by atoms with Crippen LogP contribution in [0.3, 0.4) is 0 Å². The van der Waals surface area contributed by atoms with Gasteiger partial charge >= 0.3 is 5.97 Å². The van der Waals surface area contributed by atoms with Gasteiger partial charge in [-0.2, -0.15) is 0 Å². The lowest BCUT2D eigenvalue weighted by atomic mass is 9.87. The number of benzene rings is 1. The highest BCUT2D eigenvalue weighted by molar-refractivity contribution is 6.26. The Labute approximate surface area is 135 Å². The molecule has 0 unspecified atom stereocenters. The number of carbonyl (C=O) groups excluding carboxylic acids is 3. The smallest absolute Gasteiger partial charge is 0.309 e. The summed E-state index contributed by atoms with van der Waals surface area (Å²) in [6.45, 7) is 4.73. The molecule has 0 fully saturated rings. The minimum Gasteiger partial charge on any atom is -0.481 e. The average molecular weight is 316 g/mol. The van der Waals surface area contributed by atoms with E-state index < -0.39 is 17.5 Å². The number of hydrogen-bond acceptors (Lipinski definition) is 5. The van der Waals surface area contributed by atoms with Crippen molar-refractivity contribution in [1.82, 2.24) is 0 Å². The predicted molar refractivity (Wildman–Crippen MR) is 83.4 cm³/mol. The van der Waals surface area contributed by atoms with Crippen LogP contribution in [0.25, 0.3) is 0 Å². The van der Waals surface area contributed by atoms with Crippen molar-refractivity contribution >= 4 is 17.5 Å². The summed E-state index contributed by atoms with van der Waals surface area (Å²) in [6, 6.07) is 9.08. The van der Waals surface area contributed by atoms with Gasteiger partial charge in [-0.15, -0.1) is 0 Å². The van der Waals surface area contributed by atoms with Gasteiger partial charge in [-0.05, 0) is 26.3 Å². The second-order valence-corrected chi connectivity index (χ2v) is 6.03. The Kier molecular flexibility index (Phi) is 4.68. The lowest BCUT2D eigenvalue weighted by Crippen LogP contribution is -2.28. The normalized spacial score (nSPS) is 18.1. The molecule has 0 saturated heterocycles. The SMILES string of the molecule is COC(=O)C[C@@H](OC1=C(C)C(=O)C(C)(C)C1=O)c1ccccc1. The van der Waals surface area contributed by atoms with E-state index in [-0.39, 0.29) is 23.7 Å². The number of hydrogen-bond donors (Lipinski definition) is 0. The molecule has 23 heavy (non-hydrogen) atoms. The number of ketones is 2. The third-order valence-corrected chi connectivity index (χ3v) is 4.03. The monoisotopic (exact) mass is 316 g/mol. The standard InChI is InChI=1S/C18H20O5/c1-11-15(17(21)18(2,3)16(11)20)23-13(10-14(19)22-4)12-8-6-5-7-9-12/h5-9,13H,10H2,1-4H3/t13-/m1/s1. The number of methoxy groups -OCH3 is 1. The van der Waals surface area contributed by atoms with Crippen LogP contribution < -0.4 is 0 Å². The van der Waals surface area contributed by atoms with E-state index in [1.807, 2.05) is 18.2 Å². The van der Waals surface area contributed by atoms with Gasteiger partial charge < -0.3 is 9.47 Å². The summed E-state index contributed by atoms with van der Waals surface area (Å²) < 4.78 is 10.5. The van der Waals surface area contributed by atoms with Crippen LogP contribution in [0.15, 0.2) is 41.7 Å². The van der Waals surface area contributed by atoms with Gasteiger partial charge in [0.2, 0.25) is 5.78 Å². The largest absolute Gasteiger partial charge is 0.481 e. The topological polar surface area (TPSA) is 69.7 Å². The summed E-state index contributed by atoms with van der Waals surface area (Å²) in [5.74, 6) is -1.01. The molecule has 0 spiro atoms. The maximum Gasteiger partial charge on any atom is 0.309 e. The first-order valence-electron chi connectivity index (χ1n) is 7.38. The summed E-state index contributed by atoms with van der Waals surface area (Å²) in [5, 5.41) is 0. The fourth-order valence-corrected chi connectivity index (χ4v) is 2.54. The van der Waals surface area contributed by atoms with Crippen LogP contribution in [0.5, 0.6) is 0 Å². The molecule has 1 aromatic rings. The maximum absolute atomic E-state index is 12.5. The molecule has 0 aliphatic heterocycles. The third kappa shape index (κ3) is 3.18. The summed E-state index contributed by atoms with van der Waals surface area (Å²) in [4.78, 5) is 36.3. The highest BCUT2D eigenvalue weighted by atomic mass is 16.5. The van der Waals surface area contributed by atoms with E-state index >= 15 is 0 Å². The zero-order chi connectivity index (χ0) is 17.2. The van der Waals surface area contributed by atoms with Crippen molar-refractivity contribution in [1.29, 1.82) is 0 Å². The van der Waals surface area contributed by atoms with E-state index in [2.05, 4.69) is 0 Å². The Balaban J connectivity index is 2.33. The molecule has 0 saturated carbocycles. The van der Waals surface area contributed by atoms with Gasteiger partial charge in [0.1, 0.15) is 6.10 Å². The van der Waals surface area contributed by atoms with Crippen molar-refractivity contribution in [3.05, 3.63) is 47.2 Å². The molecule has 5 heteroatoms. The molecule has 1 atom stereocenters. The number of esters is 1. The Morgan fingerprint density at radius 1 is 1.13 bits per heavy atom.